The number of aryl methyl sites for hydroxylation is 2. The van der Waals surface area contributed by atoms with Gasteiger partial charge in [-0.25, -0.2) is 0 Å². The van der Waals surface area contributed by atoms with Gasteiger partial charge < -0.3 is 15.4 Å². The molecule has 1 atom stereocenters. The molecule has 1 aliphatic rings. The Balaban J connectivity index is 0.00000225. The topological polar surface area (TPSA) is 63.5 Å². The van der Waals surface area contributed by atoms with Crippen molar-refractivity contribution in [3.05, 3.63) is 47.8 Å². The minimum absolute atomic E-state index is 0. The molecule has 1 aromatic carbocycles. The molecule has 2 aromatic rings. The summed E-state index contributed by atoms with van der Waals surface area (Å²) >= 11 is 0. The number of rotatable bonds is 6. The quantitative estimate of drug-likeness (QED) is 0.303. The lowest BCUT2D eigenvalue weighted by Gasteiger charge is -2.15. The van der Waals surface area contributed by atoms with Gasteiger partial charge >= 0.3 is 0 Å². The molecule has 1 unspecified atom stereocenters. The molecule has 0 spiro atoms. The van der Waals surface area contributed by atoms with Crippen molar-refractivity contribution in [2.24, 2.45) is 12.0 Å². The van der Waals surface area contributed by atoms with Crippen molar-refractivity contribution < 1.29 is 4.74 Å². The first-order valence-electron chi connectivity index (χ1n) is 8.41. The fourth-order valence-electron chi connectivity index (χ4n) is 2.90. The van der Waals surface area contributed by atoms with Gasteiger partial charge in [0.1, 0.15) is 11.9 Å². The molecule has 1 aliphatic heterocycles. The number of halogens is 1. The Hall–Kier alpha value is -1.77. The third-order valence-electron chi connectivity index (χ3n) is 4.13. The van der Waals surface area contributed by atoms with Crippen LogP contribution in [0.2, 0.25) is 0 Å². The molecular weight excluding hydrogens is 429 g/mol. The highest BCUT2D eigenvalue weighted by atomic mass is 127. The lowest BCUT2D eigenvalue weighted by atomic mass is 10.1. The maximum absolute atomic E-state index is 5.93. The zero-order chi connectivity index (χ0) is 16.8. The molecule has 0 saturated carbocycles. The molecule has 0 bridgehead atoms. The number of para-hydroxylation sites is 1. The zero-order valence-electron chi connectivity index (χ0n) is 14.7. The number of nitrogens with one attached hydrogen (secondary N) is 2. The molecule has 7 heteroatoms. The first kappa shape index (κ1) is 19.6. The van der Waals surface area contributed by atoms with Gasteiger partial charge in [-0.2, -0.15) is 5.10 Å². The van der Waals surface area contributed by atoms with Crippen molar-refractivity contribution in [2.75, 3.05) is 20.1 Å². The van der Waals surface area contributed by atoms with E-state index in [0.29, 0.717) is 0 Å². The Morgan fingerprint density at radius 1 is 1.36 bits per heavy atom. The normalized spacial score (nSPS) is 15.9. The number of hydrogen-bond acceptors (Lipinski definition) is 3. The number of hydrogen-bond donors (Lipinski definition) is 2. The van der Waals surface area contributed by atoms with Crippen LogP contribution < -0.4 is 15.4 Å². The first-order valence-corrected chi connectivity index (χ1v) is 8.41. The van der Waals surface area contributed by atoms with Crippen molar-refractivity contribution >= 4 is 29.9 Å². The highest BCUT2D eigenvalue weighted by Gasteiger charge is 2.22. The summed E-state index contributed by atoms with van der Waals surface area (Å²) in [6, 6.07) is 8.22. The van der Waals surface area contributed by atoms with Gasteiger partial charge in [-0.3, -0.25) is 9.67 Å². The fourth-order valence-corrected chi connectivity index (χ4v) is 2.90. The van der Waals surface area contributed by atoms with E-state index in [1.54, 1.807) is 7.05 Å². The Bertz CT molecular complexity index is 675. The number of aromatic nitrogens is 2. The average molecular weight is 455 g/mol. The average Bonchev–Trinajstić information content (AvgIpc) is 3.19. The minimum atomic E-state index is 0. The van der Waals surface area contributed by atoms with Crippen molar-refractivity contribution in [3.8, 4) is 5.75 Å². The van der Waals surface area contributed by atoms with Crippen LogP contribution in [0.15, 0.2) is 41.7 Å². The van der Waals surface area contributed by atoms with E-state index in [1.165, 1.54) is 11.1 Å². The van der Waals surface area contributed by atoms with Gasteiger partial charge in [-0.05, 0) is 30.0 Å². The van der Waals surface area contributed by atoms with Gasteiger partial charge in [-0.15, -0.1) is 24.0 Å². The van der Waals surface area contributed by atoms with E-state index in [2.05, 4.69) is 39.1 Å². The number of benzene rings is 1. The predicted molar refractivity (Wildman–Crippen MR) is 111 cm³/mol. The van der Waals surface area contributed by atoms with Gasteiger partial charge in [0, 0.05) is 33.3 Å². The molecule has 136 valence electrons. The lowest BCUT2D eigenvalue weighted by Crippen LogP contribution is -2.42. The van der Waals surface area contributed by atoms with Gasteiger partial charge in [0.25, 0.3) is 0 Å². The second kappa shape index (κ2) is 9.65. The summed E-state index contributed by atoms with van der Waals surface area (Å²) in [5.74, 6) is 1.82. The van der Waals surface area contributed by atoms with E-state index in [0.717, 1.165) is 44.1 Å². The summed E-state index contributed by atoms with van der Waals surface area (Å²) in [5.41, 5.74) is 2.54. The smallest absolute Gasteiger partial charge is 0.191 e. The summed E-state index contributed by atoms with van der Waals surface area (Å²) in [6.45, 7) is 1.62. The first-order chi connectivity index (χ1) is 11.7. The van der Waals surface area contributed by atoms with Gasteiger partial charge in [0.05, 0.1) is 12.7 Å². The minimum Gasteiger partial charge on any atom is -0.488 e. The van der Waals surface area contributed by atoms with Crippen LogP contribution in [0, 0.1) is 0 Å². The number of nitrogens with zero attached hydrogens (tertiary/aromatic N) is 3. The molecule has 0 fully saturated rings. The van der Waals surface area contributed by atoms with E-state index >= 15 is 0 Å². The molecule has 6 nitrogen and oxygen atoms in total. The van der Waals surface area contributed by atoms with Crippen LogP contribution >= 0.6 is 24.0 Å². The molecule has 25 heavy (non-hydrogen) atoms. The molecule has 1 aromatic heterocycles. The largest absolute Gasteiger partial charge is 0.488 e. The standard InChI is InChI=1S/C18H25N5O.HI/c1-19-18(20-9-5-6-14-11-22-23(2)13-14)21-12-16-10-15-7-3-4-8-17(15)24-16;/h3-4,7-8,11,13,16H,5-6,9-10,12H2,1-2H3,(H2,19,20,21);1H. The summed E-state index contributed by atoms with van der Waals surface area (Å²) in [4.78, 5) is 4.27. The molecule has 3 rings (SSSR count). The summed E-state index contributed by atoms with van der Waals surface area (Å²) in [5, 5.41) is 10.9. The van der Waals surface area contributed by atoms with Gasteiger partial charge in [0.15, 0.2) is 5.96 Å². The Morgan fingerprint density at radius 2 is 2.20 bits per heavy atom. The lowest BCUT2D eigenvalue weighted by molar-refractivity contribution is 0.235. The van der Waals surface area contributed by atoms with E-state index in [4.69, 9.17) is 4.74 Å². The molecule has 2 heterocycles. The SMILES string of the molecule is CN=C(NCCCc1cnn(C)c1)NCC1Cc2ccccc2O1.I. The van der Waals surface area contributed by atoms with Crippen LogP contribution in [-0.4, -0.2) is 42.0 Å². The van der Waals surface area contributed by atoms with Crippen LogP contribution in [0.25, 0.3) is 0 Å². The molecular formula is C18H26IN5O. The van der Waals surface area contributed by atoms with E-state index in [9.17, 15) is 0 Å². The van der Waals surface area contributed by atoms with Crippen LogP contribution in [0.3, 0.4) is 0 Å². The molecule has 0 amide bonds. The number of aliphatic imine (C=N–C) groups is 1. The zero-order valence-corrected chi connectivity index (χ0v) is 17.1. The van der Waals surface area contributed by atoms with Crippen LogP contribution in [0.4, 0.5) is 0 Å². The maximum atomic E-state index is 5.93. The van der Waals surface area contributed by atoms with Crippen molar-refractivity contribution in [2.45, 2.75) is 25.4 Å². The van der Waals surface area contributed by atoms with E-state index in [-0.39, 0.29) is 30.1 Å². The van der Waals surface area contributed by atoms with E-state index in [1.807, 2.05) is 30.1 Å². The molecule has 0 radical (unpaired) electrons. The van der Waals surface area contributed by atoms with Gasteiger partial charge in [-0.1, -0.05) is 18.2 Å². The third-order valence-corrected chi connectivity index (χ3v) is 4.13. The number of guanidine groups is 1. The second-order valence-electron chi connectivity index (χ2n) is 6.06. The van der Waals surface area contributed by atoms with Crippen LogP contribution in [0.1, 0.15) is 17.5 Å². The Morgan fingerprint density at radius 3 is 2.92 bits per heavy atom. The monoisotopic (exact) mass is 455 g/mol. The molecule has 0 saturated heterocycles. The second-order valence-corrected chi connectivity index (χ2v) is 6.06. The Labute approximate surface area is 166 Å². The molecule has 2 N–H and O–H groups in total. The highest BCUT2D eigenvalue weighted by molar-refractivity contribution is 14.0. The summed E-state index contributed by atoms with van der Waals surface area (Å²) in [7, 11) is 3.73. The fraction of sp³-hybridized carbons (Fsp3) is 0.444. The maximum Gasteiger partial charge on any atom is 0.191 e. The van der Waals surface area contributed by atoms with Gasteiger partial charge in [0.2, 0.25) is 0 Å². The molecule has 0 aliphatic carbocycles. The number of fused-ring (bicyclic) bond motifs is 1. The van der Waals surface area contributed by atoms with E-state index < -0.39 is 0 Å². The number of ether oxygens (including phenoxy) is 1. The Kier molecular flexibility index (Phi) is 7.54. The summed E-state index contributed by atoms with van der Waals surface area (Å²) in [6.07, 6.45) is 7.14. The predicted octanol–water partition coefficient (Wildman–Crippen LogP) is 2.14. The van der Waals surface area contributed by atoms with Crippen LogP contribution in [0.5, 0.6) is 5.75 Å². The summed E-state index contributed by atoms with van der Waals surface area (Å²) < 4.78 is 7.77. The van der Waals surface area contributed by atoms with Crippen molar-refractivity contribution in [3.63, 3.8) is 0 Å². The third kappa shape index (κ3) is 5.62. The van der Waals surface area contributed by atoms with Crippen molar-refractivity contribution in [1.82, 2.24) is 20.4 Å². The highest BCUT2D eigenvalue weighted by Crippen LogP contribution is 2.27. The van der Waals surface area contributed by atoms with Crippen LogP contribution in [-0.2, 0) is 19.9 Å². The van der Waals surface area contributed by atoms with Crippen molar-refractivity contribution in [1.29, 1.82) is 0 Å².